The number of nitrogens with zero attached hydrogens (tertiary/aromatic N) is 2. The van der Waals surface area contributed by atoms with Crippen molar-refractivity contribution < 1.29 is 9.59 Å². The topological polar surface area (TPSA) is 52.7 Å². The van der Waals surface area contributed by atoms with Gasteiger partial charge in [0.25, 0.3) is 0 Å². The van der Waals surface area contributed by atoms with E-state index in [1.54, 1.807) is 11.9 Å². The van der Waals surface area contributed by atoms with Crippen LogP contribution in [0.15, 0.2) is 18.2 Å². The average molecular weight is 333 g/mol. The number of likely N-dealkylation sites (N-methyl/N-ethyl adjacent to an activating group) is 1. The maximum Gasteiger partial charge on any atom is 0.238 e. The highest BCUT2D eigenvalue weighted by atomic mass is 16.2. The first-order valence-electron chi connectivity index (χ1n) is 8.71. The van der Waals surface area contributed by atoms with E-state index in [2.05, 4.69) is 19.2 Å². The summed E-state index contributed by atoms with van der Waals surface area (Å²) in [6.45, 7) is 10.2. The van der Waals surface area contributed by atoms with E-state index >= 15 is 0 Å². The van der Waals surface area contributed by atoms with Gasteiger partial charge in [0, 0.05) is 18.8 Å². The minimum atomic E-state index is -0.100. The highest BCUT2D eigenvalue weighted by Crippen LogP contribution is 2.17. The number of anilines is 1. The second-order valence-corrected chi connectivity index (χ2v) is 6.35. The van der Waals surface area contributed by atoms with Crippen molar-refractivity contribution in [2.75, 3.05) is 38.5 Å². The van der Waals surface area contributed by atoms with E-state index in [1.165, 1.54) is 0 Å². The summed E-state index contributed by atoms with van der Waals surface area (Å²) in [5.41, 5.74) is 3.05. The molecule has 0 bridgehead atoms. The third-order valence-corrected chi connectivity index (χ3v) is 4.04. The second-order valence-electron chi connectivity index (χ2n) is 6.35. The molecule has 0 spiro atoms. The Kier molecular flexibility index (Phi) is 8.47. The van der Waals surface area contributed by atoms with E-state index in [0.717, 1.165) is 42.7 Å². The molecule has 0 fully saturated rings. The van der Waals surface area contributed by atoms with Gasteiger partial charge < -0.3 is 10.2 Å². The van der Waals surface area contributed by atoms with Crippen LogP contribution < -0.4 is 5.32 Å². The van der Waals surface area contributed by atoms with Crippen molar-refractivity contribution in [1.82, 2.24) is 9.80 Å². The van der Waals surface area contributed by atoms with Gasteiger partial charge in [-0.05, 0) is 50.9 Å². The van der Waals surface area contributed by atoms with Crippen LogP contribution in [0.3, 0.4) is 0 Å². The van der Waals surface area contributed by atoms with Gasteiger partial charge in [0.15, 0.2) is 0 Å². The van der Waals surface area contributed by atoms with Crippen LogP contribution in [0.1, 0.15) is 37.8 Å². The Labute approximate surface area is 146 Å². The Balaban J connectivity index is 2.54. The molecule has 2 amide bonds. The number of carbonyl (C=O) groups is 2. The molecule has 1 rings (SSSR count). The van der Waals surface area contributed by atoms with Crippen LogP contribution in [-0.2, 0) is 9.59 Å². The molecule has 1 aromatic carbocycles. The van der Waals surface area contributed by atoms with Crippen molar-refractivity contribution in [3.63, 3.8) is 0 Å². The molecule has 24 heavy (non-hydrogen) atoms. The molecule has 0 atom stereocenters. The van der Waals surface area contributed by atoms with Crippen LogP contribution in [0.2, 0.25) is 0 Å². The minimum absolute atomic E-state index is 0.0840. The number of benzene rings is 1. The Hall–Kier alpha value is -1.88. The van der Waals surface area contributed by atoms with Crippen LogP contribution in [-0.4, -0.2) is 54.8 Å². The SMILES string of the molecule is CCCN(CCC)C(=O)CN(C)CC(=O)Nc1cccc(C)c1C. The zero-order valence-corrected chi connectivity index (χ0v) is 15.7. The third kappa shape index (κ3) is 6.32. The van der Waals surface area contributed by atoms with E-state index in [-0.39, 0.29) is 24.9 Å². The lowest BCUT2D eigenvalue weighted by Gasteiger charge is -2.24. The number of aryl methyl sites for hydroxylation is 1. The fourth-order valence-corrected chi connectivity index (χ4v) is 2.61. The summed E-state index contributed by atoms with van der Waals surface area (Å²) < 4.78 is 0. The normalized spacial score (nSPS) is 10.8. The molecule has 5 nitrogen and oxygen atoms in total. The third-order valence-electron chi connectivity index (χ3n) is 4.04. The standard InChI is InChI=1S/C19H31N3O2/c1-6-11-22(12-7-2)19(24)14-21(5)13-18(23)20-17-10-8-9-15(3)16(17)4/h8-10H,6-7,11-14H2,1-5H3,(H,20,23). The predicted molar refractivity (Wildman–Crippen MR) is 99.2 cm³/mol. The molecule has 134 valence electrons. The summed E-state index contributed by atoms with van der Waals surface area (Å²) >= 11 is 0. The zero-order chi connectivity index (χ0) is 18.1. The Morgan fingerprint density at radius 3 is 2.25 bits per heavy atom. The number of hydrogen-bond acceptors (Lipinski definition) is 3. The number of hydrogen-bond donors (Lipinski definition) is 1. The molecule has 0 unspecified atom stereocenters. The van der Waals surface area contributed by atoms with Gasteiger partial charge in [0.2, 0.25) is 11.8 Å². The first-order chi connectivity index (χ1) is 11.4. The van der Waals surface area contributed by atoms with Gasteiger partial charge in [0.1, 0.15) is 0 Å². The first kappa shape index (κ1) is 20.2. The van der Waals surface area contributed by atoms with Gasteiger partial charge in [0.05, 0.1) is 13.1 Å². The minimum Gasteiger partial charge on any atom is -0.342 e. The van der Waals surface area contributed by atoms with Crippen LogP contribution in [0, 0.1) is 13.8 Å². The second kappa shape index (κ2) is 10.1. The van der Waals surface area contributed by atoms with Gasteiger partial charge >= 0.3 is 0 Å². The van der Waals surface area contributed by atoms with Gasteiger partial charge in [-0.1, -0.05) is 26.0 Å². The molecular weight excluding hydrogens is 302 g/mol. The molecule has 0 aliphatic rings. The first-order valence-corrected chi connectivity index (χ1v) is 8.71. The van der Waals surface area contributed by atoms with Crippen LogP contribution in [0.5, 0.6) is 0 Å². The van der Waals surface area contributed by atoms with Gasteiger partial charge in [-0.15, -0.1) is 0 Å². The summed E-state index contributed by atoms with van der Waals surface area (Å²) in [6, 6.07) is 5.85. The maximum atomic E-state index is 12.3. The van der Waals surface area contributed by atoms with Crippen molar-refractivity contribution in [3.8, 4) is 0 Å². The summed E-state index contributed by atoms with van der Waals surface area (Å²) in [5, 5.41) is 2.93. The highest BCUT2D eigenvalue weighted by Gasteiger charge is 2.16. The molecule has 1 aromatic rings. The van der Waals surface area contributed by atoms with Gasteiger partial charge in [-0.25, -0.2) is 0 Å². The quantitative estimate of drug-likeness (QED) is 0.756. The van der Waals surface area contributed by atoms with Crippen molar-refractivity contribution in [2.45, 2.75) is 40.5 Å². The van der Waals surface area contributed by atoms with Crippen molar-refractivity contribution in [1.29, 1.82) is 0 Å². The molecule has 0 aliphatic carbocycles. The van der Waals surface area contributed by atoms with Crippen LogP contribution in [0.25, 0.3) is 0 Å². The molecular formula is C19H31N3O2. The largest absolute Gasteiger partial charge is 0.342 e. The van der Waals surface area contributed by atoms with Crippen LogP contribution in [0.4, 0.5) is 5.69 Å². The van der Waals surface area contributed by atoms with E-state index in [0.29, 0.717) is 0 Å². The Morgan fingerprint density at radius 1 is 1.04 bits per heavy atom. The van der Waals surface area contributed by atoms with E-state index in [1.807, 2.05) is 36.9 Å². The van der Waals surface area contributed by atoms with Gasteiger partial charge in [-0.2, -0.15) is 0 Å². The number of amides is 2. The molecule has 0 saturated heterocycles. The molecule has 1 N–H and O–H groups in total. The smallest absolute Gasteiger partial charge is 0.238 e. The fourth-order valence-electron chi connectivity index (χ4n) is 2.61. The summed E-state index contributed by atoms with van der Waals surface area (Å²) in [5.74, 6) is -0.0164. The van der Waals surface area contributed by atoms with E-state index < -0.39 is 0 Å². The molecule has 0 aliphatic heterocycles. The summed E-state index contributed by atoms with van der Waals surface area (Å²) in [6.07, 6.45) is 1.89. The fraction of sp³-hybridized carbons (Fsp3) is 0.579. The number of carbonyl (C=O) groups excluding carboxylic acids is 2. The van der Waals surface area contributed by atoms with Crippen molar-refractivity contribution in [2.24, 2.45) is 0 Å². The van der Waals surface area contributed by atoms with Gasteiger partial charge in [-0.3, -0.25) is 14.5 Å². The molecule has 0 saturated carbocycles. The number of nitrogens with one attached hydrogen (secondary N) is 1. The summed E-state index contributed by atoms with van der Waals surface area (Å²) in [7, 11) is 1.80. The zero-order valence-electron chi connectivity index (χ0n) is 15.7. The lowest BCUT2D eigenvalue weighted by atomic mass is 10.1. The lowest BCUT2D eigenvalue weighted by Crippen LogP contribution is -2.42. The summed E-state index contributed by atoms with van der Waals surface area (Å²) in [4.78, 5) is 28.2. The average Bonchev–Trinajstić information content (AvgIpc) is 2.51. The Morgan fingerprint density at radius 2 is 1.67 bits per heavy atom. The monoisotopic (exact) mass is 333 g/mol. The van der Waals surface area contributed by atoms with E-state index in [9.17, 15) is 9.59 Å². The molecule has 5 heteroatoms. The molecule has 0 aromatic heterocycles. The molecule has 0 heterocycles. The predicted octanol–water partition coefficient (Wildman–Crippen LogP) is 2.82. The van der Waals surface area contributed by atoms with Crippen LogP contribution >= 0.6 is 0 Å². The molecule has 0 radical (unpaired) electrons. The highest BCUT2D eigenvalue weighted by molar-refractivity contribution is 5.93. The van der Waals surface area contributed by atoms with Crippen molar-refractivity contribution in [3.05, 3.63) is 29.3 Å². The van der Waals surface area contributed by atoms with E-state index in [4.69, 9.17) is 0 Å². The lowest BCUT2D eigenvalue weighted by molar-refractivity contribution is -0.132. The Bertz CT molecular complexity index is 552. The number of rotatable bonds is 9. The maximum absolute atomic E-state index is 12.3. The van der Waals surface area contributed by atoms with Crippen molar-refractivity contribution >= 4 is 17.5 Å².